The molecule has 5 heteroatoms. The first-order chi connectivity index (χ1) is 7.24. The van der Waals surface area contributed by atoms with Crippen LogP contribution < -0.4 is 5.32 Å². The van der Waals surface area contributed by atoms with E-state index < -0.39 is 6.09 Å². The molecule has 3 amide bonds. The van der Waals surface area contributed by atoms with E-state index in [0.29, 0.717) is 6.61 Å². The maximum Gasteiger partial charge on any atom is 0.418 e. The van der Waals surface area contributed by atoms with Gasteiger partial charge in [0.05, 0.1) is 18.7 Å². The van der Waals surface area contributed by atoms with E-state index in [1.54, 1.807) is 6.92 Å². The fourth-order valence-electron chi connectivity index (χ4n) is 2.38. The Labute approximate surface area is 88.8 Å². The first-order valence-corrected chi connectivity index (χ1v) is 5.50. The molecule has 2 rings (SSSR count). The lowest BCUT2D eigenvalue weighted by Gasteiger charge is -2.27. The summed E-state index contributed by atoms with van der Waals surface area (Å²) in [6.45, 7) is 2.05. The van der Waals surface area contributed by atoms with E-state index in [-0.39, 0.29) is 18.1 Å². The number of hydrogen-bond acceptors (Lipinski definition) is 3. The molecule has 1 heterocycles. The number of amides is 3. The van der Waals surface area contributed by atoms with Gasteiger partial charge >= 0.3 is 12.1 Å². The molecular weight excluding hydrogens is 196 g/mol. The molecule has 1 aliphatic heterocycles. The van der Waals surface area contributed by atoms with Crippen molar-refractivity contribution in [3.8, 4) is 0 Å². The van der Waals surface area contributed by atoms with Gasteiger partial charge in [-0.25, -0.2) is 14.5 Å². The lowest BCUT2D eigenvalue weighted by atomic mass is 9.91. The summed E-state index contributed by atoms with van der Waals surface area (Å²) in [6, 6.07) is -0.161. The summed E-state index contributed by atoms with van der Waals surface area (Å²) in [7, 11) is 0. The fraction of sp³-hybridized carbons (Fsp3) is 0.800. The lowest BCUT2D eigenvalue weighted by Crippen LogP contribution is -2.42. The van der Waals surface area contributed by atoms with E-state index in [0.717, 1.165) is 25.7 Å². The highest BCUT2D eigenvalue weighted by Gasteiger charge is 2.44. The van der Waals surface area contributed by atoms with Crippen molar-refractivity contribution in [1.29, 1.82) is 0 Å². The average Bonchev–Trinajstić information content (AvgIpc) is 2.54. The summed E-state index contributed by atoms with van der Waals surface area (Å²) >= 11 is 0. The van der Waals surface area contributed by atoms with Crippen LogP contribution in [-0.2, 0) is 4.74 Å². The molecule has 84 valence electrons. The molecule has 1 aliphatic carbocycles. The van der Waals surface area contributed by atoms with Crippen LogP contribution in [0.1, 0.15) is 32.6 Å². The van der Waals surface area contributed by atoms with Gasteiger partial charge in [0, 0.05) is 0 Å². The number of carbonyl (C=O) groups is 2. The second kappa shape index (κ2) is 4.08. The predicted octanol–water partition coefficient (Wildman–Crippen LogP) is 1.48. The van der Waals surface area contributed by atoms with Gasteiger partial charge in [0.15, 0.2) is 0 Å². The highest BCUT2D eigenvalue weighted by atomic mass is 16.6. The van der Waals surface area contributed by atoms with Crippen molar-refractivity contribution in [3.05, 3.63) is 0 Å². The molecule has 1 saturated heterocycles. The number of carbonyl (C=O) groups excluding carboxylic acids is 2. The largest absolute Gasteiger partial charge is 0.449 e. The van der Waals surface area contributed by atoms with Gasteiger partial charge in [0.2, 0.25) is 0 Å². The van der Waals surface area contributed by atoms with Crippen LogP contribution in [0.3, 0.4) is 0 Å². The maximum atomic E-state index is 11.6. The van der Waals surface area contributed by atoms with Gasteiger partial charge in [-0.2, -0.15) is 0 Å². The van der Waals surface area contributed by atoms with Gasteiger partial charge in [-0.15, -0.1) is 0 Å². The standard InChI is InChI=1S/C10H16N2O3/c1-2-15-10(14)12-8-6-4-3-5-7(8)11-9(12)13/h7-8H,2-6H2,1H3,(H,11,13). The van der Waals surface area contributed by atoms with Crippen molar-refractivity contribution in [3.63, 3.8) is 0 Å². The zero-order chi connectivity index (χ0) is 10.8. The van der Waals surface area contributed by atoms with Crippen molar-refractivity contribution in [1.82, 2.24) is 10.2 Å². The number of urea groups is 1. The number of ether oxygens (including phenoxy) is 1. The van der Waals surface area contributed by atoms with Crippen LogP contribution in [0.15, 0.2) is 0 Å². The number of rotatable bonds is 1. The number of nitrogens with one attached hydrogen (secondary N) is 1. The maximum absolute atomic E-state index is 11.6. The van der Waals surface area contributed by atoms with Crippen LogP contribution in [0, 0.1) is 0 Å². The van der Waals surface area contributed by atoms with E-state index in [2.05, 4.69) is 5.32 Å². The minimum Gasteiger partial charge on any atom is -0.449 e. The number of fused-ring (bicyclic) bond motifs is 1. The van der Waals surface area contributed by atoms with E-state index in [4.69, 9.17) is 4.74 Å². The second-order valence-corrected chi connectivity index (χ2v) is 3.98. The number of imide groups is 1. The van der Waals surface area contributed by atoms with Crippen molar-refractivity contribution >= 4 is 12.1 Å². The highest BCUT2D eigenvalue weighted by Crippen LogP contribution is 2.28. The Morgan fingerprint density at radius 1 is 1.53 bits per heavy atom. The zero-order valence-electron chi connectivity index (χ0n) is 8.86. The Kier molecular flexibility index (Phi) is 2.79. The minimum atomic E-state index is -0.510. The van der Waals surface area contributed by atoms with Crippen LogP contribution >= 0.6 is 0 Å². The molecule has 0 aromatic heterocycles. The van der Waals surface area contributed by atoms with Crippen molar-refractivity contribution in [2.45, 2.75) is 44.7 Å². The number of nitrogens with zero attached hydrogens (tertiary/aromatic N) is 1. The third kappa shape index (κ3) is 1.78. The van der Waals surface area contributed by atoms with E-state index >= 15 is 0 Å². The van der Waals surface area contributed by atoms with Gasteiger partial charge in [-0.05, 0) is 19.8 Å². The monoisotopic (exact) mass is 212 g/mol. The molecule has 0 bridgehead atoms. The Balaban J connectivity index is 2.09. The third-order valence-electron chi connectivity index (χ3n) is 3.05. The van der Waals surface area contributed by atoms with Gasteiger partial charge in [-0.3, -0.25) is 0 Å². The molecule has 0 radical (unpaired) electrons. The summed E-state index contributed by atoms with van der Waals surface area (Å²) in [4.78, 5) is 24.4. The molecule has 5 nitrogen and oxygen atoms in total. The molecule has 2 atom stereocenters. The van der Waals surface area contributed by atoms with Crippen LogP contribution in [0.5, 0.6) is 0 Å². The molecule has 0 aromatic rings. The van der Waals surface area contributed by atoms with Crippen LogP contribution in [0.25, 0.3) is 0 Å². The molecule has 1 N–H and O–H groups in total. The van der Waals surface area contributed by atoms with Gasteiger partial charge in [0.1, 0.15) is 0 Å². The molecule has 15 heavy (non-hydrogen) atoms. The topological polar surface area (TPSA) is 58.6 Å². The van der Waals surface area contributed by atoms with E-state index in [1.807, 2.05) is 0 Å². The predicted molar refractivity (Wildman–Crippen MR) is 53.4 cm³/mol. The van der Waals surface area contributed by atoms with E-state index in [1.165, 1.54) is 4.90 Å². The van der Waals surface area contributed by atoms with E-state index in [9.17, 15) is 9.59 Å². The summed E-state index contributed by atoms with van der Waals surface area (Å²) in [5, 5.41) is 2.83. The Hall–Kier alpha value is -1.26. The second-order valence-electron chi connectivity index (χ2n) is 3.98. The van der Waals surface area contributed by atoms with Gasteiger partial charge < -0.3 is 10.1 Å². The molecule has 2 unspecified atom stereocenters. The summed E-state index contributed by atoms with van der Waals surface area (Å²) in [6.07, 6.45) is 3.54. The Morgan fingerprint density at radius 3 is 3.00 bits per heavy atom. The van der Waals surface area contributed by atoms with Crippen LogP contribution in [0.4, 0.5) is 9.59 Å². The van der Waals surface area contributed by atoms with Crippen molar-refractivity contribution < 1.29 is 14.3 Å². The summed E-state index contributed by atoms with van der Waals surface area (Å²) < 4.78 is 4.87. The first-order valence-electron chi connectivity index (χ1n) is 5.50. The van der Waals surface area contributed by atoms with Gasteiger partial charge in [0.25, 0.3) is 0 Å². The fourth-order valence-corrected chi connectivity index (χ4v) is 2.38. The SMILES string of the molecule is CCOC(=O)N1C(=O)NC2CCCCC21. The van der Waals surface area contributed by atoms with Gasteiger partial charge in [-0.1, -0.05) is 12.8 Å². The first kappa shape index (κ1) is 10.3. The average molecular weight is 212 g/mol. The normalized spacial score (nSPS) is 29.7. The molecular formula is C10H16N2O3. The molecule has 0 aromatic carbocycles. The lowest BCUT2D eigenvalue weighted by molar-refractivity contribution is 0.104. The van der Waals surface area contributed by atoms with Crippen LogP contribution in [0.2, 0.25) is 0 Å². The van der Waals surface area contributed by atoms with Crippen LogP contribution in [-0.4, -0.2) is 35.7 Å². The zero-order valence-corrected chi connectivity index (χ0v) is 8.86. The minimum absolute atomic E-state index is 0.00491. The molecule has 2 fully saturated rings. The smallest absolute Gasteiger partial charge is 0.418 e. The highest BCUT2D eigenvalue weighted by molar-refractivity contribution is 5.93. The Morgan fingerprint density at radius 2 is 2.27 bits per heavy atom. The molecule has 2 aliphatic rings. The summed E-state index contributed by atoms with van der Waals surface area (Å²) in [5.74, 6) is 0. The summed E-state index contributed by atoms with van der Waals surface area (Å²) in [5.41, 5.74) is 0. The molecule has 0 spiro atoms. The molecule has 1 saturated carbocycles. The quantitative estimate of drug-likeness (QED) is 0.716. The van der Waals surface area contributed by atoms with Crippen molar-refractivity contribution in [2.75, 3.05) is 6.61 Å². The van der Waals surface area contributed by atoms with Crippen molar-refractivity contribution in [2.24, 2.45) is 0 Å². The third-order valence-corrected chi connectivity index (χ3v) is 3.05. The number of hydrogen-bond donors (Lipinski definition) is 1. The Bertz CT molecular complexity index is 280.